The monoisotopic (exact) mass is 389 g/mol. The molecule has 0 fully saturated rings. The molecule has 0 aliphatic rings. The van der Waals surface area contributed by atoms with Crippen LogP contribution in [0.3, 0.4) is 0 Å². The molecule has 0 aliphatic carbocycles. The Morgan fingerprint density at radius 1 is 1.18 bits per heavy atom. The first kappa shape index (κ1) is 21.6. The van der Waals surface area contributed by atoms with Gasteiger partial charge in [0, 0.05) is 25.1 Å². The van der Waals surface area contributed by atoms with Gasteiger partial charge in [-0.25, -0.2) is 4.79 Å². The van der Waals surface area contributed by atoms with Crippen LogP contribution in [-0.4, -0.2) is 49.7 Å². The minimum atomic E-state index is -0.696. The minimum Gasteiger partial charge on any atom is -0.469 e. The number of carbonyl (C=O) groups excluding carboxylic acids is 2. The highest BCUT2D eigenvalue weighted by atomic mass is 16.5. The Morgan fingerprint density at radius 3 is 2.57 bits per heavy atom. The molecule has 7 heteroatoms. The number of amides is 1. The molecule has 0 bridgehead atoms. The molecular formula is C21H27NO6. The summed E-state index contributed by atoms with van der Waals surface area (Å²) in [7, 11) is 1.30. The third-order valence-corrected chi connectivity index (χ3v) is 4.28. The van der Waals surface area contributed by atoms with E-state index in [0.717, 1.165) is 0 Å². The first-order valence-corrected chi connectivity index (χ1v) is 9.35. The van der Waals surface area contributed by atoms with Crippen LogP contribution >= 0.6 is 0 Å². The molecular weight excluding hydrogens is 362 g/mol. The van der Waals surface area contributed by atoms with Gasteiger partial charge in [0.25, 0.3) is 5.91 Å². The van der Waals surface area contributed by atoms with E-state index in [9.17, 15) is 14.4 Å². The summed E-state index contributed by atoms with van der Waals surface area (Å²) in [6.45, 7) is 6.50. The Labute approximate surface area is 164 Å². The lowest BCUT2D eigenvalue weighted by Crippen LogP contribution is -2.40. The fourth-order valence-electron chi connectivity index (χ4n) is 2.84. The number of ether oxygens (including phenoxy) is 2. The van der Waals surface area contributed by atoms with Crippen molar-refractivity contribution in [3.8, 4) is 0 Å². The molecule has 152 valence electrons. The smallest absolute Gasteiger partial charge is 0.349 e. The topological polar surface area (TPSA) is 86.0 Å². The summed E-state index contributed by atoms with van der Waals surface area (Å²) in [5, 5.41) is 0.662. The van der Waals surface area contributed by atoms with Crippen LogP contribution in [0.1, 0.15) is 37.6 Å². The number of carbonyl (C=O) groups is 2. The molecule has 2 rings (SSSR count). The first-order valence-electron chi connectivity index (χ1n) is 9.35. The van der Waals surface area contributed by atoms with Crippen LogP contribution < -0.4 is 5.63 Å². The van der Waals surface area contributed by atoms with Crippen molar-refractivity contribution in [2.75, 3.05) is 26.8 Å². The van der Waals surface area contributed by atoms with Crippen molar-refractivity contribution in [2.45, 2.75) is 33.3 Å². The zero-order valence-electron chi connectivity index (χ0n) is 16.8. The zero-order valence-corrected chi connectivity index (χ0v) is 16.8. The average molecular weight is 389 g/mol. The predicted octanol–water partition coefficient (Wildman–Crippen LogP) is 2.86. The Bertz CT molecular complexity index is 873. The number of esters is 1. The highest BCUT2D eigenvalue weighted by Crippen LogP contribution is 2.15. The van der Waals surface area contributed by atoms with E-state index in [2.05, 4.69) is 0 Å². The maximum Gasteiger partial charge on any atom is 0.349 e. The van der Waals surface area contributed by atoms with E-state index in [1.807, 2.05) is 13.8 Å². The summed E-state index contributed by atoms with van der Waals surface area (Å²) in [6, 6.07) is 8.53. The van der Waals surface area contributed by atoms with Gasteiger partial charge in [-0.2, -0.15) is 0 Å². The Hall–Kier alpha value is -2.67. The average Bonchev–Trinajstić information content (AvgIpc) is 2.68. The van der Waals surface area contributed by atoms with Crippen LogP contribution in [0.2, 0.25) is 0 Å². The van der Waals surface area contributed by atoms with Crippen LogP contribution in [0.25, 0.3) is 11.0 Å². The number of nitrogens with zero attached hydrogens (tertiary/aromatic N) is 1. The molecule has 0 spiro atoms. The van der Waals surface area contributed by atoms with Gasteiger partial charge < -0.3 is 18.8 Å². The van der Waals surface area contributed by atoms with Crippen LogP contribution in [0.5, 0.6) is 0 Å². The van der Waals surface area contributed by atoms with Crippen molar-refractivity contribution >= 4 is 22.8 Å². The Kier molecular flexibility index (Phi) is 7.75. The third kappa shape index (κ3) is 5.66. The molecule has 1 amide bonds. The quantitative estimate of drug-likeness (QED) is 0.372. The summed E-state index contributed by atoms with van der Waals surface area (Å²) >= 11 is 0. The maximum atomic E-state index is 13.1. The van der Waals surface area contributed by atoms with Crippen LogP contribution in [0.15, 0.2) is 39.5 Å². The second-order valence-electron chi connectivity index (χ2n) is 6.93. The second-order valence-corrected chi connectivity index (χ2v) is 6.93. The molecule has 0 saturated heterocycles. The molecule has 1 unspecified atom stereocenters. The summed E-state index contributed by atoms with van der Waals surface area (Å²) < 4.78 is 15.6. The molecule has 1 aromatic heterocycles. The van der Waals surface area contributed by atoms with Crippen molar-refractivity contribution in [3.05, 3.63) is 46.3 Å². The van der Waals surface area contributed by atoms with Gasteiger partial charge in [0.15, 0.2) is 0 Å². The number of methoxy groups -OCH3 is 1. The van der Waals surface area contributed by atoms with Crippen molar-refractivity contribution in [3.63, 3.8) is 0 Å². The number of benzene rings is 1. The number of hydrogen-bond acceptors (Lipinski definition) is 6. The molecule has 0 N–H and O–H groups in total. The van der Waals surface area contributed by atoms with E-state index in [4.69, 9.17) is 13.9 Å². The van der Waals surface area contributed by atoms with Gasteiger partial charge in [0.2, 0.25) is 0 Å². The number of para-hydroxylation sites is 1. The molecule has 0 radical (unpaired) electrons. The van der Waals surface area contributed by atoms with Crippen molar-refractivity contribution < 1.29 is 23.5 Å². The molecule has 1 aromatic carbocycles. The van der Waals surface area contributed by atoms with E-state index in [0.29, 0.717) is 30.5 Å². The molecule has 0 aliphatic heterocycles. The zero-order chi connectivity index (χ0) is 20.7. The van der Waals surface area contributed by atoms with Gasteiger partial charge >= 0.3 is 11.6 Å². The normalized spacial score (nSPS) is 12.2. The SMILES string of the molecule is COC(=O)C(C)CN(CCCOC(C)C)C(=O)c1cc2ccccc2oc1=O. The highest BCUT2D eigenvalue weighted by Gasteiger charge is 2.25. The van der Waals surface area contributed by atoms with Crippen molar-refractivity contribution in [1.29, 1.82) is 0 Å². The summed E-state index contributed by atoms with van der Waals surface area (Å²) in [4.78, 5) is 38.7. The molecule has 7 nitrogen and oxygen atoms in total. The lowest BCUT2D eigenvalue weighted by molar-refractivity contribution is -0.145. The largest absolute Gasteiger partial charge is 0.469 e. The maximum absolute atomic E-state index is 13.1. The van der Waals surface area contributed by atoms with Gasteiger partial charge in [-0.05, 0) is 32.4 Å². The van der Waals surface area contributed by atoms with Crippen molar-refractivity contribution in [2.24, 2.45) is 5.92 Å². The fourth-order valence-corrected chi connectivity index (χ4v) is 2.84. The molecule has 1 atom stereocenters. The lowest BCUT2D eigenvalue weighted by Gasteiger charge is -2.25. The second kappa shape index (κ2) is 10.0. The standard InChI is InChI=1S/C21H27NO6/c1-14(2)27-11-7-10-22(13-15(3)20(24)26-4)19(23)17-12-16-8-5-6-9-18(16)28-21(17)25/h5-6,8-9,12,14-15H,7,10-11,13H2,1-4H3. The van der Waals surface area contributed by atoms with E-state index < -0.39 is 23.4 Å². The Balaban J connectivity index is 2.24. The van der Waals surface area contributed by atoms with Crippen LogP contribution in [0.4, 0.5) is 0 Å². The van der Waals surface area contributed by atoms with Gasteiger partial charge in [-0.15, -0.1) is 0 Å². The van der Waals surface area contributed by atoms with E-state index >= 15 is 0 Å². The molecule has 1 heterocycles. The van der Waals surface area contributed by atoms with Gasteiger partial charge in [-0.3, -0.25) is 9.59 Å². The van der Waals surface area contributed by atoms with E-state index in [1.165, 1.54) is 18.1 Å². The highest BCUT2D eigenvalue weighted by molar-refractivity contribution is 5.96. The lowest BCUT2D eigenvalue weighted by atomic mass is 10.1. The number of rotatable bonds is 9. The summed E-state index contributed by atoms with van der Waals surface area (Å²) in [6.07, 6.45) is 0.669. The number of fused-ring (bicyclic) bond motifs is 1. The number of hydrogen-bond donors (Lipinski definition) is 0. The fraction of sp³-hybridized carbons (Fsp3) is 0.476. The predicted molar refractivity (Wildman–Crippen MR) is 105 cm³/mol. The molecule has 28 heavy (non-hydrogen) atoms. The van der Waals surface area contributed by atoms with Crippen LogP contribution in [0, 0.1) is 5.92 Å². The first-order chi connectivity index (χ1) is 13.3. The Morgan fingerprint density at radius 2 is 1.89 bits per heavy atom. The molecule has 2 aromatic rings. The molecule has 0 saturated carbocycles. The van der Waals surface area contributed by atoms with E-state index in [-0.39, 0.29) is 18.2 Å². The van der Waals surface area contributed by atoms with Gasteiger partial charge in [0.1, 0.15) is 11.1 Å². The van der Waals surface area contributed by atoms with E-state index in [1.54, 1.807) is 31.2 Å². The van der Waals surface area contributed by atoms with Gasteiger partial charge in [-0.1, -0.05) is 25.1 Å². The summed E-state index contributed by atoms with van der Waals surface area (Å²) in [5.74, 6) is -1.41. The van der Waals surface area contributed by atoms with Crippen LogP contribution in [-0.2, 0) is 14.3 Å². The van der Waals surface area contributed by atoms with Gasteiger partial charge in [0.05, 0.1) is 19.1 Å². The summed E-state index contributed by atoms with van der Waals surface area (Å²) in [5.41, 5.74) is -0.331. The third-order valence-electron chi connectivity index (χ3n) is 4.28. The van der Waals surface area contributed by atoms with Crippen molar-refractivity contribution in [1.82, 2.24) is 4.90 Å². The minimum absolute atomic E-state index is 0.0551.